The van der Waals surface area contributed by atoms with E-state index >= 15 is 0 Å². The Kier molecular flexibility index (Phi) is 8.29. The molecule has 12 nitrogen and oxygen atoms in total. The van der Waals surface area contributed by atoms with Crippen molar-refractivity contribution in [1.82, 2.24) is 5.43 Å². The van der Waals surface area contributed by atoms with Gasteiger partial charge in [0.05, 0.1) is 29.2 Å². The van der Waals surface area contributed by atoms with Crippen LogP contribution in [0.2, 0.25) is 0 Å². The number of carbonyl (C=O) groups excluding carboxylic acids is 1. The van der Waals surface area contributed by atoms with Crippen molar-refractivity contribution in [2.24, 2.45) is 5.10 Å². The lowest BCUT2D eigenvalue weighted by molar-refractivity contribution is -0.394. The van der Waals surface area contributed by atoms with Crippen molar-refractivity contribution in [3.8, 4) is 23.0 Å². The number of benzene rings is 3. The molecule has 0 aliphatic rings. The van der Waals surface area contributed by atoms with Gasteiger partial charge in [-0.1, -0.05) is 15.9 Å². The maximum Gasteiger partial charge on any atom is 0.318 e. The molecular weight excluding hydrogens is 528 g/mol. The number of halogens is 1. The van der Waals surface area contributed by atoms with Crippen molar-refractivity contribution in [2.75, 3.05) is 13.7 Å². The topological polar surface area (TPSA) is 155 Å². The number of rotatable bonds is 10. The molecule has 3 aromatic carbocycles. The van der Waals surface area contributed by atoms with Crippen LogP contribution in [0.4, 0.5) is 11.4 Å². The fraction of sp³-hybridized carbons (Fsp3) is 0.0909. The molecule has 0 fully saturated rings. The molecule has 0 bridgehead atoms. The van der Waals surface area contributed by atoms with Gasteiger partial charge in [0.15, 0.2) is 18.1 Å². The van der Waals surface area contributed by atoms with Gasteiger partial charge in [-0.25, -0.2) is 5.43 Å². The number of amides is 1. The van der Waals surface area contributed by atoms with Crippen molar-refractivity contribution < 1.29 is 28.9 Å². The van der Waals surface area contributed by atoms with Crippen LogP contribution in [0.15, 0.2) is 70.2 Å². The molecule has 0 spiro atoms. The van der Waals surface area contributed by atoms with E-state index in [1.54, 1.807) is 30.3 Å². The fourth-order valence-electron chi connectivity index (χ4n) is 2.71. The van der Waals surface area contributed by atoms with Gasteiger partial charge in [-0.05, 0) is 54.1 Å². The molecule has 1 amide bonds. The SMILES string of the molecule is COc1cc(C=NNC(=O)COc2ccc(Br)cc2)ccc1Oc1ccc([N+](=O)[O-])cc1[N+](=O)[O-]. The lowest BCUT2D eigenvalue weighted by Crippen LogP contribution is -2.24. The number of hydrogen-bond acceptors (Lipinski definition) is 9. The van der Waals surface area contributed by atoms with E-state index in [-0.39, 0.29) is 23.9 Å². The van der Waals surface area contributed by atoms with E-state index in [0.29, 0.717) is 11.3 Å². The Labute approximate surface area is 206 Å². The number of methoxy groups -OCH3 is 1. The number of non-ortho nitro benzene ring substituents is 1. The molecule has 0 atom stereocenters. The first kappa shape index (κ1) is 25.1. The van der Waals surface area contributed by atoms with Crippen molar-refractivity contribution in [3.05, 3.63) is 90.9 Å². The summed E-state index contributed by atoms with van der Waals surface area (Å²) in [6.07, 6.45) is 1.36. The van der Waals surface area contributed by atoms with E-state index in [1.165, 1.54) is 25.5 Å². The summed E-state index contributed by atoms with van der Waals surface area (Å²) < 4.78 is 17.1. The van der Waals surface area contributed by atoms with Gasteiger partial charge in [-0.2, -0.15) is 5.10 Å². The molecule has 0 aromatic heterocycles. The van der Waals surface area contributed by atoms with Crippen LogP contribution < -0.4 is 19.6 Å². The van der Waals surface area contributed by atoms with Gasteiger partial charge in [-0.15, -0.1) is 0 Å². The second-order valence-corrected chi connectivity index (χ2v) is 7.63. The second-order valence-electron chi connectivity index (χ2n) is 6.71. The minimum Gasteiger partial charge on any atom is -0.493 e. The van der Waals surface area contributed by atoms with Gasteiger partial charge in [0.1, 0.15) is 5.75 Å². The van der Waals surface area contributed by atoms with Crippen LogP contribution in [-0.4, -0.2) is 35.7 Å². The summed E-state index contributed by atoms with van der Waals surface area (Å²) in [5, 5.41) is 26.1. The third-order valence-electron chi connectivity index (χ3n) is 4.34. The van der Waals surface area contributed by atoms with Crippen molar-refractivity contribution in [1.29, 1.82) is 0 Å². The maximum atomic E-state index is 11.9. The highest BCUT2D eigenvalue weighted by atomic mass is 79.9. The number of carbonyl (C=O) groups is 1. The monoisotopic (exact) mass is 544 g/mol. The average molecular weight is 545 g/mol. The van der Waals surface area contributed by atoms with Gasteiger partial charge in [-0.3, -0.25) is 25.0 Å². The summed E-state index contributed by atoms with van der Waals surface area (Å²) in [6, 6.07) is 14.6. The number of hydrazone groups is 1. The predicted octanol–water partition coefficient (Wildman–Crippen LogP) is 4.60. The molecule has 0 aliphatic heterocycles. The third-order valence-corrected chi connectivity index (χ3v) is 4.87. The molecule has 1 N–H and O–H groups in total. The van der Waals surface area contributed by atoms with Gasteiger partial charge in [0.2, 0.25) is 5.75 Å². The number of nitrogens with one attached hydrogen (secondary N) is 1. The largest absolute Gasteiger partial charge is 0.493 e. The summed E-state index contributed by atoms with van der Waals surface area (Å²) in [5.74, 6) is 0.209. The van der Waals surface area contributed by atoms with Crippen LogP contribution in [0.1, 0.15) is 5.56 Å². The number of hydrogen-bond donors (Lipinski definition) is 1. The van der Waals surface area contributed by atoms with Crippen LogP contribution >= 0.6 is 15.9 Å². The Balaban J connectivity index is 1.65. The Bertz CT molecular complexity index is 1280. The van der Waals surface area contributed by atoms with Crippen LogP contribution in [0, 0.1) is 20.2 Å². The zero-order valence-electron chi connectivity index (χ0n) is 18.0. The molecule has 0 unspecified atom stereocenters. The smallest absolute Gasteiger partial charge is 0.318 e. The minimum atomic E-state index is -0.779. The highest BCUT2D eigenvalue weighted by Crippen LogP contribution is 2.38. The Hall–Kier alpha value is -4.52. The Morgan fingerprint density at radius 1 is 1.00 bits per heavy atom. The summed E-state index contributed by atoms with van der Waals surface area (Å²) in [6.45, 7) is -0.233. The Morgan fingerprint density at radius 3 is 2.37 bits per heavy atom. The van der Waals surface area contributed by atoms with Gasteiger partial charge in [0, 0.05) is 10.5 Å². The zero-order valence-corrected chi connectivity index (χ0v) is 19.6. The second kappa shape index (κ2) is 11.6. The molecular formula is C22H17BrN4O8. The van der Waals surface area contributed by atoms with Crippen LogP contribution in [0.25, 0.3) is 0 Å². The summed E-state index contributed by atoms with van der Waals surface area (Å²) in [5.41, 5.74) is 1.85. The number of nitrogens with zero attached hydrogens (tertiary/aromatic N) is 3. The summed E-state index contributed by atoms with van der Waals surface area (Å²) in [7, 11) is 1.37. The maximum absolute atomic E-state index is 11.9. The van der Waals surface area contributed by atoms with Crippen LogP contribution in [-0.2, 0) is 4.79 Å². The fourth-order valence-corrected chi connectivity index (χ4v) is 2.97. The number of ether oxygens (including phenoxy) is 3. The van der Waals surface area contributed by atoms with Crippen molar-refractivity contribution in [2.45, 2.75) is 0 Å². The number of nitro groups is 2. The molecule has 35 heavy (non-hydrogen) atoms. The first-order valence-corrected chi connectivity index (χ1v) is 10.5. The van der Waals surface area contributed by atoms with E-state index < -0.39 is 27.1 Å². The van der Waals surface area contributed by atoms with E-state index in [1.807, 2.05) is 0 Å². The van der Waals surface area contributed by atoms with Crippen molar-refractivity contribution in [3.63, 3.8) is 0 Å². The van der Waals surface area contributed by atoms with E-state index in [0.717, 1.165) is 22.7 Å². The standard InChI is InChI=1S/C22H17BrN4O8/c1-33-21-10-14(12-24-25-22(28)13-34-17-6-3-15(23)4-7-17)2-8-20(21)35-19-9-5-16(26(29)30)11-18(19)27(31)32/h2-12H,13H2,1H3,(H,25,28). The molecule has 0 heterocycles. The van der Waals surface area contributed by atoms with Gasteiger partial charge in [0.25, 0.3) is 11.6 Å². The highest BCUT2D eigenvalue weighted by Gasteiger charge is 2.22. The quantitative estimate of drug-likeness (QED) is 0.220. The van der Waals surface area contributed by atoms with Crippen molar-refractivity contribution >= 4 is 39.4 Å². The summed E-state index contributed by atoms with van der Waals surface area (Å²) >= 11 is 3.31. The van der Waals surface area contributed by atoms with Crippen LogP contribution in [0.5, 0.6) is 23.0 Å². The normalized spacial score (nSPS) is 10.6. The molecule has 3 rings (SSSR count). The molecule has 3 aromatic rings. The van der Waals surface area contributed by atoms with Gasteiger partial charge < -0.3 is 14.2 Å². The minimum absolute atomic E-state index is 0.133. The van der Waals surface area contributed by atoms with E-state index in [4.69, 9.17) is 14.2 Å². The molecule has 0 aliphatic carbocycles. The first-order valence-electron chi connectivity index (χ1n) is 9.76. The molecule has 0 saturated carbocycles. The van der Waals surface area contributed by atoms with Crippen LogP contribution in [0.3, 0.4) is 0 Å². The molecule has 13 heteroatoms. The average Bonchev–Trinajstić information content (AvgIpc) is 2.84. The third kappa shape index (κ3) is 6.98. The molecule has 0 radical (unpaired) electrons. The lowest BCUT2D eigenvalue weighted by Gasteiger charge is -2.11. The van der Waals surface area contributed by atoms with E-state index in [9.17, 15) is 25.0 Å². The van der Waals surface area contributed by atoms with E-state index in [2.05, 4.69) is 26.5 Å². The number of nitro benzene ring substituents is 2. The first-order chi connectivity index (χ1) is 16.8. The predicted molar refractivity (Wildman–Crippen MR) is 128 cm³/mol. The zero-order chi connectivity index (χ0) is 25.4. The Morgan fingerprint density at radius 2 is 1.71 bits per heavy atom. The van der Waals surface area contributed by atoms with Gasteiger partial charge >= 0.3 is 5.69 Å². The molecule has 0 saturated heterocycles. The highest BCUT2D eigenvalue weighted by molar-refractivity contribution is 9.10. The summed E-state index contributed by atoms with van der Waals surface area (Å²) in [4.78, 5) is 32.6. The lowest BCUT2D eigenvalue weighted by atomic mass is 10.2. The molecule has 180 valence electrons.